The number of benzene rings is 1. The Labute approximate surface area is 114 Å². The number of rotatable bonds is 6. The van der Waals surface area contributed by atoms with Crippen molar-refractivity contribution in [3.8, 4) is 0 Å². The number of anilines is 1. The maximum Gasteiger partial charge on any atom is 0.240 e. The lowest BCUT2D eigenvalue weighted by molar-refractivity contribution is 0.540. The van der Waals surface area contributed by atoms with Crippen molar-refractivity contribution in [2.24, 2.45) is 5.92 Å². The molecule has 0 unspecified atom stereocenters. The lowest BCUT2D eigenvalue weighted by Gasteiger charge is -2.09. The van der Waals surface area contributed by atoms with Gasteiger partial charge >= 0.3 is 0 Å². The molecule has 3 N–H and O–H groups in total. The molecule has 18 heavy (non-hydrogen) atoms. The van der Waals surface area contributed by atoms with Gasteiger partial charge in [0.05, 0.1) is 15.6 Å². The van der Waals surface area contributed by atoms with Gasteiger partial charge in [0, 0.05) is 6.54 Å². The van der Waals surface area contributed by atoms with Crippen molar-refractivity contribution in [1.29, 1.82) is 0 Å². The first-order chi connectivity index (χ1) is 8.33. The van der Waals surface area contributed by atoms with Crippen LogP contribution < -0.4 is 10.5 Å². The number of sulfonamides is 1. The van der Waals surface area contributed by atoms with Crippen LogP contribution >= 0.6 is 11.6 Å². The number of nitrogens with one attached hydrogen (secondary N) is 1. The van der Waals surface area contributed by atoms with Crippen LogP contribution in [-0.4, -0.2) is 15.0 Å². The van der Waals surface area contributed by atoms with E-state index < -0.39 is 10.0 Å². The summed E-state index contributed by atoms with van der Waals surface area (Å²) in [6.07, 6.45) is 1.81. The van der Waals surface area contributed by atoms with E-state index in [-0.39, 0.29) is 10.6 Å². The van der Waals surface area contributed by atoms with Crippen LogP contribution in [0.15, 0.2) is 23.1 Å². The molecular formula is C12H19ClN2O2S. The van der Waals surface area contributed by atoms with Gasteiger partial charge in [0.2, 0.25) is 10.0 Å². The van der Waals surface area contributed by atoms with Gasteiger partial charge in [0.25, 0.3) is 0 Å². The first kappa shape index (κ1) is 15.3. The van der Waals surface area contributed by atoms with E-state index in [1.165, 1.54) is 18.2 Å². The standard InChI is InChI=1S/C12H19ClN2O2S/c1-9(2)4-3-7-15-18(16,17)10-5-6-11(13)12(14)8-10/h5-6,8-9,15H,3-4,7,14H2,1-2H3. The second-order valence-electron chi connectivity index (χ2n) is 4.62. The number of nitrogens with two attached hydrogens (primary N) is 1. The molecule has 0 aliphatic rings. The predicted molar refractivity (Wildman–Crippen MR) is 75.1 cm³/mol. The maximum absolute atomic E-state index is 11.9. The highest BCUT2D eigenvalue weighted by Crippen LogP contribution is 2.22. The summed E-state index contributed by atoms with van der Waals surface area (Å²) in [5.74, 6) is 0.570. The Morgan fingerprint density at radius 3 is 2.61 bits per heavy atom. The highest BCUT2D eigenvalue weighted by Gasteiger charge is 2.14. The molecule has 0 amide bonds. The third kappa shape index (κ3) is 4.48. The minimum absolute atomic E-state index is 0.147. The molecule has 0 radical (unpaired) electrons. The summed E-state index contributed by atoms with van der Waals surface area (Å²) in [6, 6.07) is 4.30. The molecular weight excluding hydrogens is 272 g/mol. The zero-order valence-corrected chi connectivity index (χ0v) is 12.2. The summed E-state index contributed by atoms with van der Waals surface area (Å²) in [4.78, 5) is 0.147. The Hall–Kier alpha value is -0.780. The van der Waals surface area contributed by atoms with Gasteiger partial charge in [-0.2, -0.15) is 0 Å². The first-order valence-electron chi connectivity index (χ1n) is 5.87. The molecule has 0 fully saturated rings. The van der Waals surface area contributed by atoms with Crippen LogP contribution in [-0.2, 0) is 10.0 Å². The molecule has 0 aliphatic heterocycles. The van der Waals surface area contributed by atoms with E-state index in [2.05, 4.69) is 18.6 Å². The molecule has 0 aromatic heterocycles. The molecule has 6 heteroatoms. The number of hydrogen-bond donors (Lipinski definition) is 2. The molecule has 0 bridgehead atoms. The summed E-state index contributed by atoms with van der Waals surface area (Å²) < 4.78 is 26.4. The zero-order chi connectivity index (χ0) is 13.8. The van der Waals surface area contributed by atoms with Crippen LogP contribution in [0.1, 0.15) is 26.7 Å². The highest BCUT2D eigenvalue weighted by molar-refractivity contribution is 7.89. The normalized spacial score (nSPS) is 12.0. The fraction of sp³-hybridized carbons (Fsp3) is 0.500. The molecule has 0 saturated carbocycles. The molecule has 1 rings (SSSR count). The largest absolute Gasteiger partial charge is 0.397 e. The van der Waals surface area contributed by atoms with Gasteiger partial charge in [-0.3, -0.25) is 0 Å². The van der Waals surface area contributed by atoms with Gasteiger partial charge in [-0.15, -0.1) is 0 Å². The fourth-order valence-electron chi connectivity index (χ4n) is 1.49. The van der Waals surface area contributed by atoms with Crippen molar-refractivity contribution in [1.82, 2.24) is 4.72 Å². The lowest BCUT2D eigenvalue weighted by atomic mass is 10.1. The molecule has 1 aromatic rings. The van der Waals surface area contributed by atoms with Crippen molar-refractivity contribution >= 4 is 27.3 Å². The van der Waals surface area contributed by atoms with E-state index in [4.69, 9.17) is 17.3 Å². The van der Waals surface area contributed by atoms with E-state index in [1.54, 1.807) is 0 Å². The van der Waals surface area contributed by atoms with Crippen LogP contribution in [0, 0.1) is 5.92 Å². The van der Waals surface area contributed by atoms with Crippen LogP contribution in [0.4, 0.5) is 5.69 Å². The molecule has 4 nitrogen and oxygen atoms in total. The minimum atomic E-state index is -3.49. The Balaban J connectivity index is 2.66. The average molecular weight is 291 g/mol. The number of hydrogen-bond acceptors (Lipinski definition) is 3. The first-order valence-corrected chi connectivity index (χ1v) is 7.73. The zero-order valence-electron chi connectivity index (χ0n) is 10.6. The molecule has 0 spiro atoms. The van der Waals surface area contributed by atoms with E-state index in [0.717, 1.165) is 12.8 Å². The summed E-state index contributed by atoms with van der Waals surface area (Å²) in [6.45, 7) is 4.64. The summed E-state index contributed by atoms with van der Waals surface area (Å²) >= 11 is 5.75. The van der Waals surface area contributed by atoms with Crippen molar-refractivity contribution in [3.05, 3.63) is 23.2 Å². The van der Waals surface area contributed by atoms with Crippen LogP contribution in [0.3, 0.4) is 0 Å². The quantitative estimate of drug-likeness (QED) is 0.625. The van der Waals surface area contributed by atoms with Crippen LogP contribution in [0.2, 0.25) is 5.02 Å². The Bertz CT molecular complexity index is 501. The third-order valence-electron chi connectivity index (χ3n) is 2.53. The third-order valence-corrected chi connectivity index (χ3v) is 4.33. The fourth-order valence-corrected chi connectivity index (χ4v) is 2.72. The molecule has 1 aromatic carbocycles. The minimum Gasteiger partial charge on any atom is -0.397 e. The highest BCUT2D eigenvalue weighted by atomic mass is 35.5. The van der Waals surface area contributed by atoms with E-state index >= 15 is 0 Å². The predicted octanol–water partition coefficient (Wildman–Crippen LogP) is 2.64. The number of nitrogen functional groups attached to an aromatic ring is 1. The molecule has 0 heterocycles. The Morgan fingerprint density at radius 1 is 1.39 bits per heavy atom. The molecule has 0 saturated heterocycles. The van der Waals surface area contributed by atoms with Gasteiger partial charge in [-0.1, -0.05) is 25.4 Å². The monoisotopic (exact) mass is 290 g/mol. The smallest absolute Gasteiger partial charge is 0.240 e. The SMILES string of the molecule is CC(C)CCCNS(=O)(=O)c1ccc(Cl)c(N)c1. The Kier molecular flexibility index (Phi) is 5.44. The molecule has 0 atom stereocenters. The second-order valence-corrected chi connectivity index (χ2v) is 6.79. The van der Waals surface area contributed by atoms with E-state index in [0.29, 0.717) is 17.5 Å². The van der Waals surface area contributed by atoms with Gasteiger partial charge in [-0.05, 0) is 37.0 Å². The van der Waals surface area contributed by atoms with Gasteiger partial charge in [0.15, 0.2) is 0 Å². The van der Waals surface area contributed by atoms with E-state index in [1.807, 2.05) is 0 Å². The van der Waals surface area contributed by atoms with Gasteiger partial charge in [-0.25, -0.2) is 13.1 Å². The number of halogens is 1. The lowest BCUT2D eigenvalue weighted by Crippen LogP contribution is -2.25. The second kappa shape index (κ2) is 6.41. The summed E-state index contributed by atoms with van der Waals surface area (Å²) in [5, 5.41) is 0.355. The van der Waals surface area contributed by atoms with Gasteiger partial charge in [0.1, 0.15) is 0 Å². The Morgan fingerprint density at radius 2 is 2.06 bits per heavy atom. The summed E-state index contributed by atoms with van der Waals surface area (Å²) in [5.41, 5.74) is 5.85. The molecule has 0 aliphatic carbocycles. The van der Waals surface area contributed by atoms with Crippen molar-refractivity contribution in [2.75, 3.05) is 12.3 Å². The van der Waals surface area contributed by atoms with Crippen molar-refractivity contribution in [2.45, 2.75) is 31.6 Å². The summed E-state index contributed by atoms with van der Waals surface area (Å²) in [7, 11) is -3.49. The molecule has 102 valence electrons. The van der Waals surface area contributed by atoms with E-state index in [9.17, 15) is 8.42 Å². The topological polar surface area (TPSA) is 72.2 Å². The van der Waals surface area contributed by atoms with Crippen LogP contribution in [0.5, 0.6) is 0 Å². The maximum atomic E-state index is 11.9. The van der Waals surface area contributed by atoms with Crippen LogP contribution in [0.25, 0.3) is 0 Å². The van der Waals surface area contributed by atoms with Crippen molar-refractivity contribution < 1.29 is 8.42 Å². The van der Waals surface area contributed by atoms with Crippen molar-refractivity contribution in [3.63, 3.8) is 0 Å². The average Bonchev–Trinajstić information content (AvgIpc) is 2.28. The van der Waals surface area contributed by atoms with Gasteiger partial charge < -0.3 is 5.73 Å².